The molecule has 1 rings (SSSR count). The molecule has 0 saturated heterocycles. The summed E-state index contributed by atoms with van der Waals surface area (Å²) in [6, 6.07) is 11.0. The van der Waals surface area contributed by atoms with E-state index < -0.39 is 0 Å². The van der Waals surface area contributed by atoms with Crippen molar-refractivity contribution in [2.24, 2.45) is 16.6 Å². The number of benzene rings is 1. The van der Waals surface area contributed by atoms with Crippen molar-refractivity contribution in [3.8, 4) is 0 Å². The van der Waals surface area contributed by atoms with Crippen LogP contribution in [0, 0.1) is 10.8 Å². The highest BCUT2D eigenvalue weighted by atomic mass is 15.1. The van der Waals surface area contributed by atoms with E-state index >= 15 is 0 Å². The van der Waals surface area contributed by atoms with E-state index in [4.69, 9.17) is 5.73 Å². The maximum absolute atomic E-state index is 6.50. The van der Waals surface area contributed by atoms with E-state index in [0.717, 1.165) is 6.54 Å². The van der Waals surface area contributed by atoms with Gasteiger partial charge in [-0.05, 0) is 30.4 Å². The SMILES string of the molecule is CC(N(C)CC(C)(C)C(N)c1ccccc1)C(C)(C)C. The summed E-state index contributed by atoms with van der Waals surface area (Å²) in [5.74, 6) is 0. The Morgan fingerprint density at radius 2 is 1.55 bits per heavy atom. The molecule has 2 atom stereocenters. The fraction of sp³-hybridized carbons (Fsp3) is 0.667. The number of hydrogen-bond donors (Lipinski definition) is 1. The summed E-state index contributed by atoms with van der Waals surface area (Å²) in [5.41, 5.74) is 8.04. The Morgan fingerprint density at radius 1 is 1.05 bits per heavy atom. The van der Waals surface area contributed by atoms with Crippen LogP contribution < -0.4 is 5.73 Å². The molecule has 0 heterocycles. The van der Waals surface area contributed by atoms with Crippen molar-refractivity contribution in [1.82, 2.24) is 4.90 Å². The maximum atomic E-state index is 6.50. The van der Waals surface area contributed by atoms with Gasteiger partial charge in [-0.25, -0.2) is 0 Å². The van der Waals surface area contributed by atoms with Crippen LogP contribution in [-0.4, -0.2) is 24.5 Å². The van der Waals surface area contributed by atoms with Gasteiger partial charge in [-0.1, -0.05) is 65.0 Å². The van der Waals surface area contributed by atoms with Gasteiger partial charge in [0.25, 0.3) is 0 Å². The average Bonchev–Trinajstić information content (AvgIpc) is 2.36. The van der Waals surface area contributed by atoms with Gasteiger partial charge < -0.3 is 10.6 Å². The minimum Gasteiger partial charge on any atom is -0.323 e. The van der Waals surface area contributed by atoms with Crippen LogP contribution in [0.1, 0.15) is 53.1 Å². The van der Waals surface area contributed by atoms with Crippen LogP contribution in [0.5, 0.6) is 0 Å². The molecule has 0 fully saturated rings. The van der Waals surface area contributed by atoms with Crippen LogP contribution in [0.3, 0.4) is 0 Å². The molecular formula is C18H32N2. The second-order valence-electron chi connectivity index (χ2n) is 7.83. The lowest BCUT2D eigenvalue weighted by Crippen LogP contribution is -2.46. The fourth-order valence-corrected chi connectivity index (χ4v) is 2.65. The summed E-state index contributed by atoms with van der Waals surface area (Å²) in [6.45, 7) is 14.7. The van der Waals surface area contributed by atoms with Crippen LogP contribution >= 0.6 is 0 Å². The average molecular weight is 276 g/mol. The highest BCUT2D eigenvalue weighted by Crippen LogP contribution is 2.34. The van der Waals surface area contributed by atoms with E-state index in [-0.39, 0.29) is 16.9 Å². The Balaban J connectivity index is 2.79. The molecule has 0 aromatic heterocycles. The summed E-state index contributed by atoms with van der Waals surface area (Å²) < 4.78 is 0. The van der Waals surface area contributed by atoms with E-state index in [0.29, 0.717) is 6.04 Å². The van der Waals surface area contributed by atoms with Crippen LogP contribution in [0.4, 0.5) is 0 Å². The maximum Gasteiger partial charge on any atom is 0.0359 e. The molecule has 0 saturated carbocycles. The lowest BCUT2D eigenvalue weighted by atomic mass is 9.79. The molecule has 0 spiro atoms. The Hall–Kier alpha value is -0.860. The van der Waals surface area contributed by atoms with Gasteiger partial charge in [-0.3, -0.25) is 0 Å². The molecular weight excluding hydrogens is 244 g/mol. The molecule has 2 heteroatoms. The molecule has 0 bridgehead atoms. The van der Waals surface area contributed by atoms with E-state index in [1.54, 1.807) is 0 Å². The second kappa shape index (κ2) is 6.28. The lowest BCUT2D eigenvalue weighted by molar-refractivity contribution is 0.0866. The molecule has 2 nitrogen and oxygen atoms in total. The highest BCUT2D eigenvalue weighted by molar-refractivity contribution is 5.20. The largest absolute Gasteiger partial charge is 0.323 e. The first-order valence-corrected chi connectivity index (χ1v) is 7.56. The van der Waals surface area contributed by atoms with Crippen LogP contribution in [-0.2, 0) is 0 Å². The number of rotatable bonds is 5. The Labute approximate surface area is 125 Å². The van der Waals surface area contributed by atoms with Crippen molar-refractivity contribution in [3.63, 3.8) is 0 Å². The highest BCUT2D eigenvalue weighted by Gasteiger charge is 2.32. The smallest absolute Gasteiger partial charge is 0.0359 e. The fourth-order valence-electron chi connectivity index (χ4n) is 2.65. The molecule has 0 amide bonds. The topological polar surface area (TPSA) is 29.3 Å². The van der Waals surface area contributed by atoms with E-state index in [2.05, 4.69) is 77.8 Å². The van der Waals surface area contributed by atoms with Crippen molar-refractivity contribution < 1.29 is 0 Å². The third kappa shape index (κ3) is 4.32. The molecule has 114 valence electrons. The van der Waals surface area contributed by atoms with Crippen molar-refractivity contribution in [1.29, 1.82) is 0 Å². The van der Waals surface area contributed by atoms with Crippen molar-refractivity contribution >= 4 is 0 Å². The summed E-state index contributed by atoms with van der Waals surface area (Å²) >= 11 is 0. The Bertz CT molecular complexity index is 403. The number of hydrogen-bond acceptors (Lipinski definition) is 2. The Morgan fingerprint density at radius 3 is 2.00 bits per heavy atom. The van der Waals surface area contributed by atoms with Gasteiger partial charge in [0.2, 0.25) is 0 Å². The molecule has 20 heavy (non-hydrogen) atoms. The first-order chi connectivity index (χ1) is 9.05. The standard InChI is InChI=1S/C18H32N2/c1-14(17(2,3)4)20(7)13-18(5,6)16(19)15-11-9-8-10-12-15/h8-12,14,16H,13,19H2,1-7H3. The molecule has 0 aliphatic heterocycles. The molecule has 1 aromatic rings. The minimum absolute atomic E-state index is 0.0373. The zero-order chi connectivity index (χ0) is 15.6. The lowest BCUT2D eigenvalue weighted by Gasteiger charge is -2.42. The van der Waals surface area contributed by atoms with Gasteiger partial charge in [0.05, 0.1) is 0 Å². The van der Waals surface area contributed by atoms with Crippen molar-refractivity contribution in [2.75, 3.05) is 13.6 Å². The predicted octanol–water partition coefficient (Wildman–Crippen LogP) is 4.08. The van der Waals surface area contributed by atoms with E-state index in [1.807, 2.05) is 6.07 Å². The molecule has 1 aromatic carbocycles. The van der Waals surface area contributed by atoms with Gasteiger partial charge in [0, 0.05) is 18.6 Å². The minimum atomic E-state index is 0.0373. The van der Waals surface area contributed by atoms with E-state index in [9.17, 15) is 0 Å². The van der Waals surface area contributed by atoms with E-state index in [1.165, 1.54) is 5.56 Å². The first kappa shape index (κ1) is 17.2. The van der Waals surface area contributed by atoms with Gasteiger partial charge >= 0.3 is 0 Å². The quantitative estimate of drug-likeness (QED) is 0.878. The van der Waals surface area contributed by atoms with Crippen molar-refractivity contribution in [2.45, 2.75) is 53.6 Å². The third-order valence-electron chi connectivity index (χ3n) is 4.57. The molecule has 2 unspecified atom stereocenters. The summed E-state index contributed by atoms with van der Waals surface area (Å²) in [6.07, 6.45) is 0. The zero-order valence-electron chi connectivity index (χ0n) is 14.3. The summed E-state index contributed by atoms with van der Waals surface area (Å²) in [5, 5.41) is 0. The molecule has 0 aliphatic rings. The molecule has 0 aliphatic carbocycles. The van der Waals surface area contributed by atoms with Gasteiger partial charge in [-0.15, -0.1) is 0 Å². The third-order valence-corrected chi connectivity index (χ3v) is 4.57. The summed E-state index contributed by atoms with van der Waals surface area (Å²) in [4.78, 5) is 2.43. The first-order valence-electron chi connectivity index (χ1n) is 7.56. The second-order valence-corrected chi connectivity index (χ2v) is 7.83. The predicted molar refractivity (Wildman–Crippen MR) is 88.7 cm³/mol. The number of nitrogens with zero attached hydrogens (tertiary/aromatic N) is 1. The van der Waals surface area contributed by atoms with Gasteiger partial charge in [0.1, 0.15) is 0 Å². The van der Waals surface area contributed by atoms with Crippen LogP contribution in [0.25, 0.3) is 0 Å². The van der Waals surface area contributed by atoms with Crippen LogP contribution in [0.15, 0.2) is 30.3 Å². The molecule has 0 radical (unpaired) electrons. The van der Waals surface area contributed by atoms with Crippen molar-refractivity contribution in [3.05, 3.63) is 35.9 Å². The molecule has 2 N–H and O–H groups in total. The summed E-state index contributed by atoms with van der Waals surface area (Å²) in [7, 11) is 2.20. The zero-order valence-corrected chi connectivity index (χ0v) is 14.3. The van der Waals surface area contributed by atoms with Gasteiger partial charge in [-0.2, -0.15) is 0 Å². The van der Waals surface area contributed by atoms with Gasteiger partial charge in [0.15, 0.2) is 0 Å². The van der Waals surface area contributed by atoms with Crippen LogP contribution in [0.2, 0.25) is 0 Å². The Kier molecular flexibility index (Phi) is 5.39. The normalized spacial score (nSPS) is 16.2. The monoisotopic (exact) mass is 276 g/mol. The number of nitrogens with two attached hydrogens (primary N) is 1.